The van der Waals surface area contributed by atoms with Crippen molar-refractivity contribution in [1.29, 1.82) is 0 Å². The molecule has 1 aliphatic heterocycles. The van der Waals surface area contributed by atoms with Crippen molar-refractivity contribution in [1.82, 2.24) is 19.9 Å². The first-order valence-corrected chi connectivity index (χ1v) is 11.8. The molecule has 11 nitrogen and oxygen atoms in total. The van der Waals surface area contributed by atoms with E-state index in [1.807, 2.05) is 0 Å². The van der Waals surface area contributed by atoms with Gasteiger partial charge < -0.3 is 35.3 Å². The van der Waals surface area contributed by atoms with Crippen LogP contribution in [0, 0.1) is 0 Å². The molecule has 15 heteroatoms. The number of ether oxygens (including phenoxy) is 2. The van der Waals surface area contributed by atoms with Gasteiger partial charge in [-0.3, -0.25) is 4.79 Å². The number of hydrogen-bond acceptors (Lipinski definition) is 10. The summed E-state index contributed by atoms with van der Waals surface area (Å²) in [5.74, 6) is -2.68. The van der Waals surface area contributed by atoms with Crippen LogP contribution in [0.2, 0.25) is 0 Å². The Morgan fingerprint density at radius 2 is 2.03 bits per heavy atom. The number of nitrogens with one attached hydrogen (secondary N) is 1. The first kappa shape index (κ1) is 27.0. The monoisotopic (exact) mass is 521 g/mol. The first-order valence-electron chi connectivity index (χ1n) is 10.6. The van der Waals surface area contributed by atoms with E-state index in [-0.39, 0.29) is 23.7 Å². The van der Waals surface area contributed by atoms with Crippen molar-refractivity contribution in [3.63, 3.8) is 0 Å². The molecule has 35 heavy (non-hydrogen) atoms. The van der Waals surface area contributed by atoms with Gasteiger partial charge in [0.25, 0.3) is 0 Å². The number of alkyl halides is 3. The Bertz CT molecular complexity index is 1050. The van der Waals surface area contributed by atoms with Crippen LogP contribution in [0.4, 0.5) is 19.0 Å². The maximum absolute atomic E-state index is 12.6. The van der Waals surface area contributed by atoms with E-state index in [2.05, 4.69) is 9.97 Å². The zero-order valence-corrected chi connectivity index (χ0v) is 19.6. The molecule has 1 saturated heterocycles. The van der Waals surface area contributed by atoms with E-state index in [0.717, 1.165) is 0 Å². The van der Waals surface area contributed by atoms with Crippen molar-refractivity contribution >= 4 is 40.5 Å². The van der Waals surface area contributed by atoms with Crippen molar-refractivity contribution < 1.29 is 42.4 Å². The van der Waals surface area contributed by atoms with Crippen LogP contribution in [0.3, 0.4) is 0 Å². The van der Waals surface area contributed by atoms with Crippen LogP contribution in [-0.2, 0) is 19.1 Å². The number of aliphatic hydroxyl groups is 2. The molecule has 3 heterocycles. The number of fused-ring (bicyclic) bond motifs is 1. The van der Waals surface area contributed by atoms with Crippen LogP contribution < -0.4 is 11.1 Å². The van der Waals surface area contributed by atoms with E-state index < -0.39 is 54.7 Å². The second-order valence-corrected chi connectivity index (χ2v) is 9.29. The molecular weight excluding hydrogens is 495 g/mol. The SMILES string of the molecule is CC(C)OC(=O)C(CCSCC1OC(n2ccc3c(N)ncnc32)C(O)C1O)NC(=O)C(F)(F)F. The lowest BCUT2D eigenvalue weighted by molar-refractivity contribution is -0.176. The number of aliphatic hydroxyl groups excluding tert-OH is 2. The Hall–Kier alpha value is -2.62. The van der Waals surface area contributed by atoms with Crippen LogP contribution in [0.5, 0.6) is 0 Å². The van der Waals surface area contributed by atoms with Gasteiger partial charge in [0.15, 0.2) is 6.23 Å². The predicted molar refractivity (Wildman–Crippen MR) is 119 cm³/mol. The molecule has 0 saturated carbocycles. The minimum absolute atomic E-state index is 0.138. The highest BCUT2D eigenvalue weighted by Crippen LogP contribution is 2.34. The fourth-order valence-electron chi connectivity index (χ4n) is 3.50. The number of nitrogen functional groups attached to an aromatic ring is 1. The number of esters is 1. The highest BCUT2D eigenvalue weighted by atomic mass is 32.2. The van der Waals surface area contributed by atoms with Gasteiger partial charge in [-0.15, -0.1) is 0 Å². The molecule has 0 aliphatic carbocycles. The standard InChI is InChI=1S/C20H26F3N5O6S/c1-9(2)33-18(31)11(27-19(32)20(21,22)23)4-6-35-7-12-13(29)14(30)17(34-12)28-5-3-10-15(24)25-8-26-16(10)28/h3,5,8-9,11-14,17,29-30H,4,6-7H2,1-2H3,(H,27,32)(H2,24,25,26). The number of carbonyl (C=O) groups excluding carboxylic acids is 2. The number of thioether (sulfide) groups is 1. The minimum atomic E-state index is -5.14. The lowest BCUT2D eigenvalue weighted by atomic mass is 10.1. The first-order chi connectivity index (χ1) is 16.4. The largest absolute Gasteiger partial charge is 0.471 e. The number of nitrogens with two attached hydrogens (primary N) is 1. The summed E-state index contributed by atoms with van der Waals surface area (Å²) in [5, 5.41) is 23.2. The molecule has 3 rings (SSSR count). The number of nitrogens with zero attached hydrogens (tertiary/aromatic N) is 3. The Balaban J connectivity index is 1.58. The minimum Gasteiger partial charge on any atom is -0.461 e. The Labute approximate surface area is 202 Å². The zero-order valence-electron chi connectivity index (χ0n) is 18.8. The summed E-state index contributed by atoms with van der Waals surface area (Å²) in [7, 11) is 0. The maximum Gasteiger partial charge on any atom is 0.471 e. The number of hydrogen-bond donors (Lipinski definition) is 4. The normalized spacial score (nSPS) is 23.5. The van der Waals surface area contributed by atoms with Crippen molar-refractivity contribution in [3.05, 3.63) is 18.6 Å². The van der Waals surface area contributed by atoms with Crippen LogP contribution >= 0.6 is 11.8 Å². The van der Waals surface area contributed by atoms with Gasteiger partial charge in [0.05, 0.1) is 17.6 Å². The number of halogens is 3. The van der Waals surface area contributed by atoms with E-state index in [0.29, 0.717) is 11.0 Å². The Morgan fingerprint density at radius 1 is 1.31 bits per heavy atom. The van der Waals surface area contributed by atoms with Gasteiger partial charge in [-0.25, -0.2) is 14.8 Å². The third-order valence-electron chi connectivity index (χ3n) is 5.18. The quantitative estimate of drug-likeness (QED) is 0.274. The molecule has 0 radical (unpaired) electrons. The summed E-state index contributed by atoms with van der Waals surface area (Å²) < 4.78 is 50.2. The highest BCUT2D eigenvalue weighted by Gasteiger charge is 2.44. The molecule has 1 aliphatic rings. The van der Waals surface area contributed by atoms with Gasteiger partial charge in [-0.2, -0.15) is 24.9 Å². The topological polar surface area (TPSA) is 162 Å². The summed E-state index contributed by atoms with van der Waals surface area (Å²) in [5.41, 5.74) is 6.23. The van der Waals surface area contributed by atoms with Crippen molar-refractivity contribution in [2.24, 2.45) is 0 Å². The molecule has 1 fully saturated rings. The van der Waals surface area contributed by atoms with E-state index >= 15 is 0 Å². The van der Waals surface area contributed by atoms with E-state index in [4.69, 9.17) is 15.2 Å². The van der Waals surface area contributed by atoms with Crippen molar-refractivity contribution in [3.8, 4) is 0 Å². The summed E-state index contributed by atoms with van der Waals surface area (Å²) in [6.45, 7) is 3.06. The fraction of sp³-hybridized carbons (Fsp3) is 0.600. The van der Waals surface area contributed by atoms with Gasteiger partial charge in [0, 0.05) is 11.9 Å². The Kier molecular flexibility index (Phi) is 8.46. The highest BCUT2D eigenvalue weighted by molar-refractivity contribution is 7.99. The van der Waals surface area contributed by atoms with Crippen LogP contribution in [-0.4, -0.2) is 84.8 Å². The van der Waals surface area contributed by atoms with Crippen molar-refractivity contribution in [2.75, 3.05) is 17.2 Å². The molecule has 2 aromatic rings. The summed E-state index contributed by atoms with van der Waals surface area (Å²) in [6, 6.07) is 0.157. The van der Waals surface area contributed by atoms with Crippen molar-refractivity contribution in [2.45, 2.75) is 63.1 Å². The second kappa shape index (κ2) is 11.0. The van der Waals surface area contributed by atoms with E-state index in [1.54, 1.807) is 17.6 Å². The predicted octanol–water partition coefficient (Wildman–Crippen LogP) is 0.755. The van der Waals surface area contributed by atoms with E-state index in [9.17, 15) is 33.0 Å². The lowest BCUT2D eigenvalue weighted by Crippen LogP contribution is -2.48. The fourth-order valence-corrected chi connectivity index (χ4v) is 4.57. The van der Waals surface area contributed by atoms with Gasteiger partial charge in [0.1, 0.15) is 36.0 Å². The van der Waals surface area contributed by atoms with E-state index in [1.165, 1.54) is 36.5 Å². The second-order valence-electron chi connectivity index (χ2n) is 8.14. The molecule has 5 N–H and O–H groups in total. The third-order valence-corrected chi connectivity index (χ3v) is 6.27. The molecule has 5 atom stereocenters. The molecule has 194 valence electrons. The summed E-state index contributed by atoms with van der Waals surface area (Å²) >= 11 is 1.17. The lowest BCUT2D eigenvalue weighted by Gasteiger charge is -2.20. The number of rotatable bonds is 9. The molecule has 0 bridgehead atoms. The zero-order chi connectivity index (χ0) is 25.9. The molecule has 0 spiro atoms. The number of carbonyl (C=O) groups is 2. The molecular formula is C20H26F3N5O6S. The summed E-state index contributed by atoms with van der Waals surface area (Å²) in [6.07, 6.45) is -7.32. The van der Waals surface area contributed by atoms with Gasteiger partial charge in [-0.1, -0.05) is 0 Å². The van der Waals surface area contributed by atoms with Gasteiger partial charge in [-0.05, 0) is 32.1 Å². The van der Waals surface area contributed by atoms with Gasteiger partial charge in [0.2, 0.25) is 0 Å². The maximum atomic E-state index is 12.6. The van der Waals surface area contributed by atoms with Crippen LogP contribution in [0.15, 0.2) is 18.6 Å². The van der Waals surface area contributed by atoms with Gasteiger partial charge >= 0.3 is 18.1 Å². The molecule has 2 aromatic heterocycles. The smallest absolute Gasteiger partial charge is 0.461 e. The molecule has 0 aromatic carbocycles. The number of aromatic nitrogens is 3. The number of anilines is 1. The summed E-state index contributed by atoms with van der Waals surface area (Å²) in [4.78, 5) is 31.5. The van der Waals surface area contributed by atoms with Crippen LogP contribution in [0.25, 0.3) is 11.0 Å². The molecule has 5 unspecified atom stereocenters. The third kappa shape index (κ3) is 6.34. The molecule has 1 amide bonds. The Morgan fingerprint density at radius 3 is 2.69 bits per heavy atom. The number of amides is 1. The average molecular weight is 522 g/mol. The average Bonchev–Trinajstić information content (AvgIpc) is 3.31. The van der Waals surface area contributed by atoms with Crippen LogP contribution in [0.1, 0.15) is 26.5 Å².